The highest BCUT2D eigenvalue weighted by Gasteiger charge is 2.42. The molecular weight excluding hydrogens is 354 g/mol. The second-order valence-corrected chi connectivity index (χ2v) is 8.41. The van der Waals surface area contributed by atoms with Gasteiger partial charge < -0.3 is 5.11 Å². The van der Waals surface area contributed by atoms with Crippen LogP contribution < -0.4 is 4.72 Å². The molecule has 0 aliphatic heterocycles. The zero-order valence-corrected chi connectivity index (χ0v) is 13.3. The fourth-order valence-corrected chi connectivity index (χ4v) is 5.80. The van der Waals surface area contributed by atoms with Crippen LogP contribution in [0, 0.1) is 5.41 Å². The highest BCUT2D eigenvalue weighted by atomic mass is 79.9. The van der Waals surface area contributed by atoms with E-state index in [1.54, 1.807) is 11.4 Å². The number of aliphatic carboxylic acids is 1. The molecule has 0 saturated heterocycles. The van der Waals surface area contributed by atoms with Gasteiger partial charge in [-0.05, 0) is 40.2 Å². The van der Waals surface area contributed by atoms with Gasteiger partial charge in [-0.15, -0.1) is 11.3 Å². The summed E-state index contributed by atoms with van der Waals surface area (Å²) in [6.07, 6.45) is 2.71. The van der Waals surface area contributed by atoms with E-state index in [2.05, 4.69) is 20.7 Å². The molecule has 0 spiro atoms. The van der Waals surface area contributed by atoms with Crippen molar-refractivity contribution in [3.8, 4) is 0 Å². The maximum atomic E-state index is 12.1. The zero-order valence-electron chi connectivity index (χ0n) is 10.1. The quantitative estimate of drug-likeness (QED) is 0.836. The predicted octanol–water partition coefficient (Wildman–Crippen LogP) is 2.43. The Hall–Kier alpha value is -0.440. The highest BCUT2D eigenvalue weighted by molar-refractivity contribution is 9.10. The Balaban J connectivity index is 2.14. The molecule has 0 aromatic carbocycles. The fourth-order valence-electron chi connectivity index (χ4n) is 2.29. The van der Waals surface area contributed by atoms with Crippen molar-refractivity contribution in [3.05, 3.63) is 15.9 Å². The van der Waals surface area contributed by atoms with Crippen LogP contribution in [0.25, 0.3) is 0 Å². The van der Waals surface area contributed by atoms with Gasteiger partial charge in [0.1, 0.15) is 4.21 Å². The van der Waals surface area contributed by atoms with E-state index in [1.807, 2.05) is 0 Å². The molecule has 1 heterocycles. The Morgan fingerprint density at radius 1 is 1.47 bits per heavy atom. The summed E-state index contributed by atoms with van der Waals surface area (Å²) in [5.74, 6) is -0.919. The third kappa shape index (κ3) is 3.01. The Labute approximate surface area is 124 Å². The molecule has 1 fully saturated rings. The lowest BCUT2D eigenvalue weighted by Crippen LogP contribution is -2.41. The first-order chi connectivity index (χ1) is 8.87. The molecule has 8 heteroatoms. The predicted molar refractivity (Wildman–Crippen MR) is 75.7 cm³/mol. The third-order valence-electron chi connectivity index (χ3n) is 3.44. The maximum Gasteiger partial charge on any atom is 0.310 e. The third-order valence-corrected chi connectivity index (χ3v) is 7.51. The molecular formula is C11H14BrNO4S2. The minimum atomic E-state index is -3.65. The number of nitrogens with one attached hydrogen (secondary N) is 1. The van der Waals surface area contributed by atoms with Crippen LogP contribution in [-0.2, 0) is 14.8 Å². The number of carboxylic acids is 1. The molecule has 2 N–H and O–H groups in total. The van der Waals surface area contributed by atoms with E-state index in [-0.39, 0.29) is 10.8 Å². The molecule has 0 unspecified atom stereocenters. The first-order valence-electron chi connectivity index (χ1n) is 5.83. The van der Waals surface area contributed by atoms with Crippen molar-refractivity contribution < 1.29 is 18.3 Å². The van der Waals surface area contributed by atoms with Crippen LogP contribution in [0.15, 0.2) is 20.1 Å². The minimum Gasteiger partial charge on any atom is -0.481 e. The van der Waals surface area contributed by atoms with Gasteiger partial charge in [0.15, 0.2) is 0 Å². The molecule has 2 rings (SSSR count). The van der Waals surface area contributed by atoms with Gasteiger partial charge in [-0.25, -0.2) is 13.1 Å². The summed E-state index contributed by atoms with van der Waals surface area (Å²) in [6, 6.07) is 1.65. The molecule has 19 heavy (non-hydrogen) atoms. The van der Waals surface area contributed by atoms with Gasteiger partial charge in [0.25, 0.3) is 10.0 Å². The van der Waals surface area contributed by atoms with E-state index in [9.17, 15) is 18.3 Å². The zero-order chi connectivity index (χ0) is 14.1. The van der Waals surface area contributed by atoms with Gasteiger partial charge in [0, 0.05) is 11.0 Å². The summed E-state index contributed by atoms with van der Waals surface area (Å²) < 4.78 is 27.3. The average molecular weight is 368 g/mol. The molecule has 0 atom stereocenters. The van der Waals surface area contributed by atoms with Crippen molar-refractivity contribution in [1.82, 2.24) is 4.72 Å². The number of carbonyl (C=O) groups is 1. The van der Waals surface area contributed by atoms with Gasteiger partial charge >= 0.3 is 5.97 Å². The van der Waals surface area contributed by atoms with Crippen LogP contribution in [0.3, 0.4) is 0 Å². The summed E-state index contributed by atoms with van der Waals surface area (Å²) in [5.41, 5.74) is -0.948. The average Bonchev–Trinajstić information content (AvgIpc) is 2.96. The van der Waals surface area contributed by atoms with Gasteiger partial charge in [-0.1, -0.05) is 12.8 Å². The van der Waals surface area contributed by atoms with Crippen molar-refractivity contribution >= 4 is 43.3 Å². The Morgan fingerprint density at radius 2 is 2.11 bits per heavy atom. The molecule has 5 nitrogen and oxygen atoms in total. The number of sulfonamides is 1. The number of thiophene rings is 1. The van der Waals surface area contributed by atoms with E-state index in [1.165, 1.54) is 0 Å². The van der Waals surface area contributed by atoms with Crippen molar-refractivity contribution in [1.29, 1.82) is 0 Å². The second-order valence-electron chi connectivity index (χ2n) is 4.67. The minimum absolute atomic E-state index is 0.0466. The molecule has 1 aliphatic carbocycles. The van der Waals surface area contributed by atoms with Crippen LogP contribution in [0.2, 0.25) is 0 Å². The Morgan fingerprint density at radius 3 is 2.58 bits per heavy atom. The lowest BCUT2D eigenvalue weighted by molar-refractivity contribution is -0.148. The molecule has 106 valence electrons. The Bertz CT molecular complexity index is 575. The fraction of sp³-hybridized carbons (Fsp3) is 0.545. The number of halogens is 1. The highest BCUT2D eigenvalue weighted by Crippen LogP contribution is 2.38. The molecule has 0 radical (unpaired) electrons. The van der Waals surface area contributed by atoms with Gasteiger partial charge in [-0.3, -0.25) is 4.79 Å². The normalized spacial score (nSPS) is 18.6. The van der Waals surface area contributed by atoms with Gasteiger partial charge in [0.05, 0.1) is 5.41 Å². The van der Waals surface area contributed by atoms with Gasteiger partial charge in [-0.2, -0.15) is 0 Å². The second kappa shape index (κ2) is 5.51. The largest absolute Gasteiger partial charge is 0.481 e. The van der Waals surface area contributed by atoms with Crippen LogP contribution in [0.5, 0.6) is 0 Å². The van der Waals surface area contributed by atoms with Crippen LogP contribution in [-0.4, -0.2) is 26.0 Å². The maximum absolute atomic E-state index is 12.1. The van der Waals surface area contributed by atoms with E-state index < -0.39 is 21.4 Å². The van der Waals surface area contributed by atoms with Gasteiger partial charge in [0.2, 0.25) is 0 Å². The number of hydrogen-bond donors (Lipinski definition) is 2. The van der Waals surface area contributed by atoms with Crippen molar-refractivity contribution in [2.75, 3.05) is 6.54 Å². The standard InChI is InChI=1S/C11H14BrNO4S2/c12-8-3-6-18-9(8)19(16,17)13-7-11(10(14)15)4-1-2-5-11/h3,6,13H,1-2,4-5,7H2,(H,14,15). The monoisotopic (exact) mass is 367 g/mol. The van der Waals surface area contributed by atoms with Crippen molar-refractivity contribution in [2.45, 2.75) is 29.9 Å². The molecule has 1 aliphatic rings. The molecule has 1 aromatic rings. The SMILES string of the molecule is O=C(O)C1(CNS(=O)(=O)c2sccc2Br)CCCC1. The Kier molecular flexibility index (Phi) is 4.34. The van der Waals surface area contributed by atoms with E-state index in [0.29, 0.717) is 17.3 Å². The number of rotatable bonds is 5. The van der Waals surface area contributed by atoms with Crippen LogP contribution >= 0.6 is 27.3 Å². The number of hydrogen-bond acceptors (Lipinski definition) is 4. The summed E-state index contributed by atoms with van der Waals surface area (Å²) in [4.78, 5) is 11.4. The first-order valence-corrected chi connectivity index (χ1v) is 8.99. The van der Waals surface area contributed by atoms with Crippen molar-refractivity contribution in [3.63, 3.8) is 0 Å². The lowest BCUT2D eigenvalue weighted by atomic mass is 9.87. The summed E-state index contributed by atoms with van der Waals surface area (Å²) >= 11 is 4.27. The van der Waals surface area contributed by atoms with Crippen molar-refractivity contribution in [2.24, 2.45) is 5.41 Å². The lowest BCUT2D eigenvalue weighted by Gasteiger charge is -2.23. The smallest absolute Gasteiger partial charge is 0.310 e. The summed E-state index contributed by atoms with van der Waals surface area (Å²) in [5, 5.41) is 11.0. The summed E-state index contributed by atoms with van der Waals surface area (Å²) in [6.45, 7) is -0.0466. The topological polar surface area (TPSA) is 83.5 Å². The molecule has 1 aromatic heterocycles. The summed E-state index contributed by atoms with van der Waals surface area (Å²) in [7, 11) is -3.65. The van der Waals surface area contributed by atoms with E-state index >= 15 is 0 Å². The van der Waals surface area contributed by atoms with Crippen LogP contribution in [0.1, 0.15) is 25.7 Å². The van der Waals surface area contributed by atoms with E-state index in [4.69, 9.17) is 0 Å². The number of carboxylic acid groups (broad SMARTS) is 1. The molecule has 0 bridgehead atoms. The van der Waals surface area contributed by atoms with E-state index in [0.717, 1.165) is 24.2 Å². The first kappa shape index (κ1) is 15.0. The molecule has 0 amide bonds. The molecule has 1 saturated carbocycles. The van der Waals surface area contributed by atoms with Crippen LogP contribution in [0.4, 0.5) is 0 Å².